The third-order valence-corrected chi connectivity index (χ3v) is 5.55. The van der Waals surface area contributed by atoms with Crippen LogP contribution in [0.4, 0.5) is 11.5 Å². The van der Waals surface area contributed by atoms with Gasteiger partial charge in [-0.2, -0.15) is 5.26 Å². The normalized spacial score (nSPS) is 10.9. The number of aromatic nitrogens is 2. The summed E-state index contributed by atoms with van der Waals surface area (Å²) < 4.78 is 7.02. The third kappa shape index (κ3) is 2.79. The molecule has 6 heteroatoms. The second-order valence-corrected chi connectivity index (χ2v) is 7.09. The highest BCUT2D eigenvalue weighted by molar-refractivity contribution is 5.97. The second kappa shape index (κ2) is 7.53. The molecule has 0 radical (unpaired) electrons. The summed E-state index contributed by atoms with van der Waals surface area (Å²) in [7, 11) is 3.31. The number of anilines is 2. The summed E-state index contributed by atoms with van der Waals surface area (Å²) in [4.78, 5) is 19.1. The number of pyridine rings is 1. The Balaban J connectivity index is 2.14. The Hall–Kier alpha value is -3.85. The minimum absolute atomic E-state index is 0.396. The Morgan fingerprint density at radius 3 is 2.60 bits per heavy atom. The summed E-state index contributed by atoms with van der Waals surface area (Å²) in [5.41, 5.74) is 6.05. The average Bonchev–Trinajstić information content (AvgIpc) is 3.16. The van der Waals surface area contributed by atoms with E-state index in [0.717, 1.165) is 40.1 Å². The molecule has 2 aromatic heterocycles. The van der Waals surface area contributed by atoms with Crippen LogP contribution in [0, 0.1) is 18.3 Å². The number of hydrogen-bond donors (Lipinski definition) is 0. The van der Waals surface area contributed by atoms with E-state index in [9.17, 15) is 10.1 Å². The molecule has 4 aromatic rings. The van der Waals surface area contributed by atoms with Crippen LogP contribution in [0.1, 0.15) is 34.0 Å². The van der Waals surface area contributed by atoms with Crippen molar-refractivity contribution in [2.75, 3.05) is 19.1 Å². The van der Waals surface area contributed by atoms with Crippen molar-refractivity contribution in [3.8, 4) is 6.07 Å². The highest BCUT2D eigenvalue weighted by Gasteiger charge is 2.24. The van der Waals surface area contributed by atoms with Gasteiger partial charge in [0.2, 0.25) is 0 Å². The largest absolute Gasteiger partial charge is 0.465 e. The van der Waals surface area contributed by atoms with E-state index in [-0.39, 0.29) is 0 Å². The first-order valence-electron chi connectivity index (χ1n) is 9.77. The molecular weight excluding hydrogens is 376 g/mol. The zero-order chi connectivity index (χ0) is 21.4. The van der Waals surface area contributed by atoms with Gasteiger partial charge in [0.15, 0.2) is 5.65 Å². The number of rotatable bonds is 4. The number of carbonyl (C=O) groups excluding carboxylic acids is 1. The van der Waals surface area contributed by atoms with E-state index in [2.05, 4.69) is 13.0 Å². The van der Waals surface area contributed by atoms with Crippen molar-refractivity contribution in [3.05, 3.63) is 70.8 Å². The molecule has 0 aliphatic heterocycles. The summed E-state index contributed by atoms with van der Waals surface area (Å²) in [6, 6.07) is 17.5. The molecule has 0 bridgehead atoms. The Labute approximate surface area is 174 Å². The Morgan fingerprint density at radius 2 is 1.90 bits per heavy atom. The number of methoxy groups -OCH3 is 1. The quantitative estimate of drug-likeness (QED) is 0.463. The van der Waals surface area contributed by atoms with Crippen LogP contribution in [0.2, 0.25) is 0 Å². The van der Waals surface area contributed by atoms with E-state index in [4.69, 9.17) is 9.72 Å². The van der Waals surface area contributed by atoms with Gasteiger partial charge in [0, 0.05) is 7.05 Å². The zero-order valence-corrected chi connectivity index (χ0v) is 17.4. The Morgan fingerprint density at radius 1 is 1.20 bits per heavy atom. The number of para-hydroxylation sites is 3. The van der Waals surface area contributed by atoms with E-state index in [1.165, 1.54) is 7.11 Å². The average molecular weight is 398 g/mol. The van der Waals surface area contributed by atoms with Crippen LogP contribution in [0.25, 0.3) is 16.7 Å². The van der Waals surface area contributed by atoms with E-state index in [1.54, 1.807) is 6.07 Å². The maximum absolute atomic E-state index is 12.4. The van der Waals surface area contributed by atoms with Gasteiger partial charge < -0.3 is 9.64 Å². The number of ether oxygens (including phenoxy) is 1. The molecule has 0 spiro atoms. The predicted molar refractivity (Wildman–Crippen MR) is 117 cm³/mol. The molecule has 0 aliphatic carbocycles. The smallest absolute Gasteiger partial charge is 0.339 e. The van der Waals surface area contributed by atoms with Gasteiger partial charge in [0.1, 0.15) is 11.9 Å². The van der Waals surface area contributed by atoms with E-state index in [1.807, 2.05) is 65.7 Å². The molecule has 4 rings (SSSR count). The van der Waals surface area contributed by atoms with Crippen molar-refractivity contribution >= 4 is 34.2 Å². The fraction of sp³-hybridized carbons (Fsp3) is 0.208. The number of imidazole rings is 1. The molecule has 0 amide bonds. The maximum atomic E-state index is 12.4. The molecular formula is C24H22N4O2. The molecule has 0 aliphatic rings. The lowest BCUT2D eigenvalue weighted by molar-refractivity contribution is 0.0601. The van der Waals surface area contributed by atoms with Crippen molar-refractivity contribution in [2.24, 2.45) is 0 Å². The van der Waals surface area contributed by atoms with Crippen molar-refractivity contribution < 1.29 is 9.53 Å². The van der Waals surface area contributed by atoms with Gasteiger partial charge >= 0.3 is 5.97 Å². The lowest BCUT2D eigenvalue weighted by atomic mass is 10.0. The topological polar surface area (TPSA) is 70.6 Å². The van der Waals surface area contributed by atoms with Crippen molar-refractivity contribution in [1.29, 1.82) is 5.26 Å². The molecule has 0 unspecified atom stereocenters. The van der Waals surface area contributed by atoms with E-state index in [0.29, 0.717) is 16.8 Å². The molecule has 6 nitrogen and oxygen atoms in total. The monoisotopic (exact) mass is 398 g/mol. The van der Waals surface area contributed by atoms with Gasteiger partial charge in [-0.3, -0.25) is 4.40 Å². The summed E-state index contributed by atoms with van der Waals surface area (Å²) in [6.07, 6.45) is 0.725. The third-order valence-electron chi connectivity index (χ3n) is 5.55. The Bertz CT molecular complexity index is 1330. The SMILES string of the molecule is CCc1c(C)c(C#N)c2nc3ccccc3n2c1N(C)c1ccccc1C(=O)OC. The predicted octanol–water partition coefficient (Wildman–Crippen LogP) is 4.78. The lowest BCUT2D eigenvalue weighted by Crippen LogP contribution is -2.20. The number of benzene rings is 2. The van der Waals surface area contributed by atoms with Crippen LogP contribution in [-0.4, -0.2) is 29.5 Å². The lowest BCUT2D eigenvalue weighted by Gasteiger charge is -2.27. The zero-order valence-electron chi connectivity index (χ0n) is 17.4. The molecule has 30 heavy (non-hydrogen) atoms. The number of nitriles is 1. The van der Waals surface area contributed by atoms with Crippen LogP contribution in [0.5, 0.6) is 0 Å². The van der Waals surface area contributed by atoms with Gasteiger partial charge in [0.25, 0.3) is 0 Å². The molecule has 2 heterocycles. The number of nitrogens with zero attached hydrogens (tertiary/aromatic N) is 4. The molecule has 0 N–H and O–H groups in total. The van der Waals surface area contributed by atoms with Gasteiger partial charge in [-0.1, -0.05) is 31.2 Å². The van der Waals surface area contributed by atoms with Crippen molar-refractivity contribution in [3.63, 3.8) is 0 Å². The van der Waals surface area contributed by atoms with Crippen LogP contribution in [0.3, 0.4) is 0 Å². The molecule has 0 saturated carbocycles. The fourth-order valence-corrected chi connectivity index (χ4v) is 4.10. The van der Waals surface area contributed by atoms with Crippen LogP contribution in [-0.2, 0) is 11.2 Å². The molecule has 150 valence electrons. The van der Waals surface area contributed by atoms with Gasteiger partial charge in [-0.05, 0) is 48.7 Å². The standard InChI is InChI=1S/C24H22N4O2/c1-5-16-15(2)18(14-25)22-26-19-11-7-9-13-21(19)28(22)23(16)27(3)20-12-8-6-10-17(20)24(29)30-4/h6-13H,5H2,1-4H3. The van der Waals surface area contributed by atoms with E-state index < -0.39 is 5.97 Å². The first-order chi connectivity index (χ1) is 14.5. The number of esters is 1. The van der Waals surface area contributed by atoms with Gasteiger partial charge in [0.05, 0.1) is 35.0 Å². The highest BCUT2D eigenvalue weighted by Crippen LogP contribution is 2.37. The minimum Gasteiger partial charge on any atom is -0.465 e. The van der Waals surface area contributed by atoms with E-state index >= 15 is 0 Å². The minimum atomic E-state index is -0.396. The maximum Gasteiger partial charge on any atom is 0.339 e. The van der Waals surface area contributed by atoms with Crippen molar-refractivity contribution in [2.45, 2.75) is 20.3 Å². The van der Waals surface area contributed by atoms with Crippen LogP contribution < -0.4 is 4.90 Å². The molecule has 0 atom stereocenters. The molecule has 0 saturated heterocycles. The van der Waals surface area contributed by atoms with Crippen LogP contribution in [0.15, 0.2) is 48.5 Å². The van der Waals surface area contributed by atoms with Gasteiger partial charge in [-0.15, -0.1) is 0 Å². The summed E-state index contributed by atoms with van der Waals surface area (Å²) >= 11 is 0. The first-order valence-corrected chi connectivity index (χ1v) is 9.77. The Kier molecular flexibility index (Phi) is 4.88. The molecule has 0 fully saturated rings. The number of fused-ring (bicyclic) bond motifs is 3. The highest BCUT2D eigenvalue weighted by atomic mass is 16.5. The summed E-state index contributed by atoms with van der Waals surface area (Å²) in [6.45, 7) is 4.03. The first kappa shape index (κ1) is 19.5. The number of carbonyl (C=O) groups is 1. The fourth-order valence-electron chi connectivity index (χ4n) is 4.10. The summed E-state index contributed by atoms with van der Waals surface area (Å²) in [5.74, 6) is 0.488. The van der Waals surface area contributed by atoms with Crippen molar-refractivity contribution in [1.82, 2.24) is 9.38 Å². The second-order valence-electron chi connectivity index (χ2n) is 7.09. The van der Waals surface area contributed by atoms with Gasteiger partial charge in [-0.25, -0.2) is 9.78 Å². The summed E-state index contributed by atoms with van der Waals surface area (Å²) in [5, 5.41) is 9.88. The van der Waals surface area contributed by atoms with Crippen LogP contribution >= 0.6 is 0 Å². The number of hydrogen-bond acceptors (Lipinski definition) is 5. The molecule has 2 aromatic carbocycles.